The third kappa shape index (κ3) is 7.16. The third-order valence-corrected chi connectivity index (χ3v) is 4.68. The number of ether oxygens (including phenoxy) is 1. The lowest BCUT2D eigenvalue weighted by atomic mass is 10.1. The molecule has 0 saturated heterocycles. The first-order chi connectivity index (χ1) is 13.5. The van der Waals surface area contributed by atoms with Crippen LogP contribution in [0.5, 0.6) is 5.75 Å². The van der Waals surface area contributed by atoms with Gasteiger partial charge in [0.2, 0.25) is 0 Å². The summed E-state index contributed by atoms with van der Waals surface area (Å²) in [6, 6.07) is 7.85. The van der Waals surface area contributed by atoms with Crippen molar-refractivity contribution in [3.8, 4) is 5.75 Å². The molecule has 1 aromatic carbocycles. The van der Waals surface area contributed by atoms with Gasteiger partial charge in [0.15, 0.2) is 5.96 Å². The second-order valence-electron chi connectivity index (χ2n) is 6.27. The zero-order chi connectivity index (χ0) is 20.4. The van der Waals surface area contributed by atoms with Gasteiger partial charge in [0, 0.05) is 25.2 Å². The number of aliphatic hydroxyl groups excluding tert-OH is 1. The first-order valence-electron chi connectivity index (χ1n) is 9.09. The van der Waals surface area contributed by atoms with Crippen LogP contribution >= 0.6 is 11.3 Å². The standard InChI is InChI=1S/C19H26N4O4S/c1-3-20-19(21-10-14(2)15-8-9-28-13-15)22-11-17(24)12-27-18-6-4-16(5-7-18)23(25)26/h4-9,13-14,17,24H,3,10-12H2,1-2H3,(H2,20,21,22). The maximum Gasteiger partial charge on any atom is 0.269 e. The van der Waals surface area contributed by atoms with Crippen LogP contribution in [0.25, 0.3) is 0 Å². The van der Waals surface area contributed by atoms with E-state index >= 15 is 0 Å². The van der Waals surface area contributed by atoms with Gasteiger partial charge in [-0.05, 0) is 47.4 Å². The summed E-state index contributed by atoms with van der Waals surface area (Å²) in [5.41, 5.74) is 1.28. The maximum absolute atomic E-state index is 10.6. The number of non-ortho nitro benzene ring substituents is 1. The predicted octanol–water partition coefficient (Wildman–Crippen LogP) is 2.75. The van der Waals surface area contributed by atoms with Crippen LogP contribution in [0.2, 0.25) is 0 Å². The topological polar surface area (TPSA) is 109 Å². The highest BCUT2D eigenvalue weighted by Gasteiger charge is 2.10. The summed E-state index contributed by atoms with van der Waals surface area (Å²) in [6.45, 7) is 5.80. The molecule has 2 atom stereocenters. The SMILES string of the molecule is CCNC(=NCC(O)COc1ccc([N+](=O)[O-])cc1)NCC(C)c1ccsc1. The van der Waals surface area contributed by atoms with Crippen molar-refractivity contribution in [2.24, 2.45) is 4.99 Å². The number of thiophene rings is 1. The fourth-order valence-corrected chi connectivity index (χ4v) is 3.15. The first kappa shape index (κ1) is 21.6. The molecule has 2 aromatic rings. The highest BCUT2D eigenvalue weighted by Crippen LogP contribution is 2.18. The monoisotopic (exact) mass is 406 g/mol. The molecular formula is C19H26N4O4S. The van der Waals surface area contributed by atoms with Gasteiger partial charge in [-0.2, -0.15) is 11.3 Å². The number of benzene rings is 1. The molecule has 2 unspecified atom stereocenters. The number of nitrogens with one attached hydrogen (secondary N) is 2. The molecule has 0 aliphatic heterocycles. The van der Waals surface area contributed by atoms with Gasteiger partial charge in [0.05, 0.1) is 11.5 Å². The predicted molar refractivity (Wildman–Crippen MR) is 111 cm³/mol. The number of aliphatic imine (C=N–C) groups is 1. The second kappa shape index (κ2) is 11.3. The number of aliphatic hydroxyl groups is 1. The van der Waals surface area contributed by atoms with Crippen molar-refractivity contribution in [3.05, 3.63) is 56.8 Å². The molecular weight excluding hydrogens is 380 g/mol. The molecule has 0 radical (unpaired) electrons. The number of nitro groups is 1. The molecule has 152 valence electrons. The average Bonchev–Trinajstić information content (AvgIpc) is 3.23. The number of guanidine groups is 1. The normalized spacial score (nSPS) is 13.6. The smallest absolute Gasteiger partial charge is 0.269 e. The minimum absolute atomic E-state index is 0.00413. The lowest BCUT2D eigenvalue weighted by Gasteiger charge is -2.16. The van der Waals surface area contributed by atoms with Gasteiger partial charge in [0.1, 0.15) is 18.5 Å². The molecule has 0 aliphatic carbocycles. The minimum Gasteiger partial charge on any atom is -0.491 e. The van der Waals surface area contributed by atoms with Crippen LogP contribution in [0.1, 0.15) is 25.3 Å². The Labute approximate surface area is 168 Å². The fraction of sp³-hybridized carbons (Fsp3) is 0.421. The summed E-state index contributed by atoms with van der Waals surface area (Å²) in [6.07, 6.45) is -0.792. The van der Waals surface area contributed by atoms with Crippen molar-refractivity contribution in [2.75, 3.05) is 26.2 Å². The van der Waals surface area contributed by atoms with E-state index in [1.54, 1.807) is 11.3 Å². The molecule has 0 bridgehead atoms. The van der Waals surface area contributed by atoms with Gasteiger partial charge < -0.3 is 20.5 Å². The van der Waals surface area contributed by atoms with Gasteiger partial charge >= 0.3 is 0 Å². The summed E-state index contributed by atoms with van der Waals surface area (Å²) in [4.78, 5) is 14.6. The molecule has 28 heavy (non-hydrogen) atoms. The Bertz CT molecular complexity index is 750. The van der Waals surface area contributed by atoms with Crippen molar-refractivity contribution in [1.29, 1.82) is 0 Å². The molecule has 0 fully saturated rings. The maximum atomic E-state index is 10.6. The minimum atomic E-state index is -0.792. The van der Waals surface area contributed by atoms with E-state index in [4.69, 9.17) is 4.74 Å². The summed E-state index contributed by atoms with van der Waals surface area (Å²) >= 11 is 1.68. The van der Waals surface area contributed by atoms with E-state index in [-0.39, 0.29) is 18.8 Å². The van der Waals surface area contributed by atoms with Crippen LogP contribution in [0.15, 0.2) is 46.1 Å². The molecule has 1 heterocycles. The van der Waals surface area contributed by atoms with E-state index in [1.807, 2.05) is 6.92 Å². The molecule has 2 rings (SSSR count). The Balaban J connectivity index is 1.79. The molecule has 3 N–H and O–H groups in total. The van der Waals surface area contributed by atoms with E-state index < -0.39 is 11.0 Å². The molecule has 1 aromatic heterocycles. The van der Waals surface area contributed by atoms with Gasteiger partial charge in [0.25, 0.3) is 5.69 Å². The van der Waals surface area contributed by atoms with Gasteiger partial charge in [-0.25, -0.2) is 0 Å². The van der Waals surface area contributed by atoms with Crippen LogP contribution in [0.4, 0.5) is 5.69 Å². The molecule has 0 amide bonds. The lowest BCUT2D eigenvalue weighted by Crippen LogP contribution is -2.39. The van der Waals surface area contributed by atoms with Crippen molar-refractivity contribution >= 4 is 23.0 Å². The molecule has 8 nitrogen and oxygen atoms in total. The van der Waals surface area contributed by atoms with Gasteiger partial charge in [-0.3, -0.25) is 15.1 Å². The van der Waals surface area contributed by atoms with Crippen molar-refractivity contribution < 1.29 is 14.8 Å². The van der Waals surface area contributed by atoms with E-state index in [0.29, 0.717) is 24.2 Å². The average molecular weight is 407 g/mol. The number of nitrogens with zero attached hydrogens (tertiary/aromatic N) is 2. The van der Waals surface area contributed by atoms with E-state index in [2.05, 4.69) is 39.4 Å². The lowest BCUT2D eigenvalue weighted by molar-refractivity contribution is -0.384. The van der Waals surface area contributed by atoms with Gasteiger partial charge in [-0.1, -0.05) is 6.92 Å². The summed E-state index contributed by atoms with van der Waals surface area (Å²) in [5.74, 6) is 1.45. The second-order valence-corrected chi connectivity index (χ2v) is 7.05. The largest absolute Gasteiger partial charge is 0.491 e. The summed E-state index contributed by atoms with van der Waals surface area (Å²) in [5, 5.41) is 31.4. The Morgan fingerprint density at radius 1 is 1.32 bits per heavy atom. The third-order valence-electron chi connectivity index (χ3n) is 3.98. The highest BCUT2D eigenvalue weighted by atomic mass is 32.1. The zero-order valence-electron chi connectivity index (χ0n) is 16.0. The van der Waals surface area contributed by atoms with Crippen LogP contribution in [-0.2, 0) is 0 Å². The zero-order valence-corrected chi connectivity index (χ0v) is 16.8. The molecule has 0 spiro atoms. The van der Waals surface area contributed by atoms with Crippen LogP contribution in [0, 0.1) is 10.1 Å². The number of rotatable bonds is 10. The Kier molecular flexibility index (Phi) is 8.70. The first-order valence-corrected chi connectivity index (χ1v) is 10.0. The van der Waals surface area contributed by atoms with Crippen LogP contribution in [0.3, 0.4) is 0 Å². The number of hydrogen-bond donors (Lipinski definition) is 3. The van der Waals surface area contributed by atoms with Crippen LogP contribution < -0.4 is 15.4 Å². The van der Waals surface area contributed by atoms with Crippen molar-refractivity contribution in [1.82, 2.24) is 10.6 Å². The Morgan fingerprint density at radius 2 is 2.07 bits per heavy atom. The van der Waals surface area contributed by atoms with Crippen molar-refractivity contribution in [2.45, 2.75) is 25.9 Å². The molecule has 9 heteroatoms. The van der Waals surface area contributed by atoms with E-state index in [9.17, 15) is 15.2 Å². The number of hydrogen-bond acceptors (Lipinski definition) is 6. The summed E-state index contributed by atoms with van der Waals surface area (Å²) < 4.78 is 5.46. The Morgan fingerprint density at radius 3 is 2.68 bits per heavy atom. The van der Waals surface area contributed by atoms with Crippen LogP contribution in [-0.4, -0.2) is 48.3 Å². The van der Waals surface area contributed by atoms with Gasteiger partial charge in [-0.15, -0.1) is 0 Å². The highest BCUT2D eigenvalue weighted by molar-refractivity contribution is 7.07. The van der Waals surface area contributed by atoms with E-state index in [1.165, 1.54) is 29.8 Å². The summed E-state index contributed by atoms with van der Waals surface area (Å²) in [7, 11) is 0. The fourth-order valence-electron chi connectivity index (χ4n) is 2.37. The van der Waals surface area contributed by atoms with E-state index in [0.717, 1.165) is 6.54 Å². The Hall–Kier alpha value is -2.65. The van der Waals surface area contributed by atoms with Crippen molar-refractivity contribution in [3.63, 3.8) is 0 Å². The molecule has 0 aliphatic rings. The number of nitro benzene ring substituents is 1. The molecule has 0 saturated carbocycles. The quantitative estimate of drug-likeness (QED) is 0.242.